The van der Waals surface area contributed by atoms with Gasteiger partial charge in [-0.15, -0.1) is 0 Å². The van der Waals surface area contributed by atoms with Crippen LogP contribution in [0.25, 0.3) is 10.9 Å². The second-order valence-corrected chi connectivity index (χ2v) is 7.26. The fourth-order valence-electron chi connectivity index (χ4n) is 4.25. The van der Waals surface area contributed by atoms with Crippen LogP contribution in [0, 0.1) is 0 Å². The van der Waals surface area contributed by atoms with E-state index in [2.05, 4.69) is 73.4 Å². The van der Waals surface area contributed by atoms with Gasteiger partial charge in [-0.2, -0.15) is 0 Å². The van der Waals surface area contributed by atoms with Crippen LogP contribution in [0.2, 0.25) is 0 Å². The number of H-pyrrole nitrogens is 1. The number of para-hydroxylation sites is 1. The number of fused-ring (bicyclic) bond motifs is 2. The predicted molar refractivity (Wildman–Crippen MR) is 108 cm³/mol. The Bertz CT molecular complexity index is 912. The lowest BCUT2D eigenvalue weighted by molar-refractivity contribution is 0.228. The summed E-state index contributed by atoms with van der Waals surface area (Å²) in [6, 6.07) is 13.7. The van der Waals surface area contributed by atoms with Crippen LogP contribution in [-0.4, -0.2) is 30.1 Å². The molecule has 1 aliphatic rings. The Labute approximate surface area is 156 Å². The number of aryl methyl sites for hydroxylation is 1. The summed E-state index contributed by atoms with van der Waals surface area (Å²) < 4.78 is 5.96. The Kier molecular flexibility index (Phi) is 4.73. The smallest absolute Gasteiger partial charge is 0.122 e. The van der Waals surface area contributed by atoms with Crippen molar-refractivity contribution in [2.75, 3.05) is 20.2 Å². The number of nitrogens with one attached hydrogen (secondary N) is 1. The standard InChI is InChI=1S/C23H28N2O/c1-4-16-12-17-10-11-25(3)22(20(17)14-23(16)26-5-2)13-18-15-24-21-9-7-6-8-19(18)21/h6-9,12,14-15,22,24H,4-5,10-11,13H2,1-3H3. The molecule has 0 radical (unpaired) electrons. The Balaban J connectivity index is 1.74. The van der Waals surface area contributed by atoms with Crippen molar-refractivity contribution in [1.82, 2.24) is 9.88 Å². The van der Waals surface area contributed by atoms with E-state index in [1.807, 2.05) is 0 Å². The number of likely N-dealkylation sites (N-methyl/N-ethyl adjacent to an activating group) is 1. The van der Waals surface area contributed by atoms with E-state index in [0.717, 1.165) is 38.2 Å². The molecule has 1 N–H and O–H groups in total. The molecule has 1 unspecified atom stereocenters. The molecule has 3 heteroatoms. The van der Waals surface area contributed by atoms with Crippen molar-refractivity contribution >= 4 is 10.9 Å². The van der Waals surface area contributed by atoms with Crippen LogP contribution in [-0.2, 0) is 19.3 Å². The summed E-state index contributed by atoms with van der Waals surface area (Å²) in [5, 5.41) is 1.34. The summed E-state index contributed by atoms with van der Waals surface area (Å²) in [5.41, 5.74) is 6.87. The van der Waals surface area contributed by atoms with Gasteiger partial charge >= 0.3 is 0 Å². The highest BCUT2D eigenvalue weighted by atomic mass is 16.5. The molecule has 1 aromatic heterocycles. The molecule has 3 aromatic rings. The van der Waals surface area contributed by atoms with Gasteiger partial charge in [0.15, 0.2) is 0 Å². The first-order valence-corrected chi connectivity index (χ1v) is 9.75. The molecule has 0 saturated heterocycles. The van der Waals surface area contributed by atoms with Crippen LogP contribution in [0.3, 0.4) is 0 Å². The van der Waals surface area contributed by atoms with Crippen molar-refractivity contribution in [3.05, 3.63) is 64.8 Å². The molecular weight excluding hydrogens is 320 g/mol. The lowest BCUT2D eigenvalue weighted by Crippen LogP contribution is -2.33. The quantitative estimate of drug-likeness (QED) is 0.710. The van der Waals surface area contributed by atoms with Gasteiger partial charge in [0.25, 0.3) is 0 Å². The monoisotopic (exact) mass is 348 g/mol. The summed E-state index contributed by atoms with van der Waals surface area (Å²) in [6.45, 7) is 6.10. The number of hydrogen-bond acceptors (Lipinski definition) is 2. The van der Waals surface area contributed by atoms with Gasteiger partial charge < -0.3 is 9.72 Å². The van der Waals surface area contributed by atoms with Crippen molar-refractivity contribution in [3.63, 3.8) is 0 Å². The van der Waals surface area contributed by atoms with E-state index in [1.54, 1.807) is 0 Å². The molecule has 0 spiro atoms. The number of aromatic amines is 1. The molecule has 1 atom stereocenters. The lowest BCUT2D eigenvalue weighted by atomic mass is 9.87. The van der Waals surface area contributed by atoms with Crippen LogP contribution >= 0.6 is 0 Å². The molecular formula is C23H28N2O. The molecule has 2 aromatic carbocycles. The van der Waals surface area contributed by atoms with Gasteiger partial charge in [0.05, 0.1) is 6.61 Å². The number of benzene rings is 2. The van der Waals surface area contributed by atoms with Crippen molar-refractivity contribution in [2.24, 2.45) is 0 Å². The number of nitrogens with zero attached hydrogens (tertiary/aromatic N) is 1. The van der Waals surface area contributed by atoms with E-state index < -0.39 is 0 Å². The zero-order valence-corrected chi connectivity index (χ0v) is 16.0. The van der Waals surface area contributed by atoms with Gasteiger partial charge in [-0.3, -0.25) is 4.90 Å². The predicted octanol–water partition coefficient (Wildman–Crippen LogP) is 4.90. The minimum Gasteiger partial charge on any atom is -0.494 e. The Morgan fingerprint density at radius 3 is 2.81 bits per heavy atom. The van der Waals surface area contributed by atoms with Crippen LogP contribution in [0.15, 0.2) is 42.6 Å². The van der Waals surface area contributed by atoms with Gasteiger partial charge in [0.2, 0.25) is 0 Å². The van der Waals surface area contributed by atoms with Gasteiger partial charge in [-0.25, -0.2) is 0 Å². The molecule has 0 bridgehead atoms. The number of ether oxygens (including phenoxy) is 1. The maximum Gasteiger partial charge on any atom is 0.122 e. The topological polar surface area (TPSA) is 28.3 Å². The van der Waals surface area contributed by atoms with E-state index in [1.165, 1.54) is 33.2 Å². The molecule has 0 amide bonds. The summed E-state index contributed by atoms with van der Waals surface area (Å²) in [4.78, 5) is 5.91. The third-order valence-corrected chi connectivity index (χ3v) is 5.72. The molecule has 1 aliphatic heterocycles. The zero-order chi connectivity index (χ0) is 18.1. The average Bonchev–Trinajstić information content (AvgIpc) is 3.07. The van der Waals surface area contributed by atoms with Gasteiger partial charge in [-0.1, -0.05) is 31.2 Å². The first-order chi connectivity index (χ1) is 12.7. The summed E-state index contributed by atoms with van der Waals surface area (Å²) >= 11 is 0. The van der Waals surface area contributed by atoms with Crippen LogP contribution in [0.5, 0.6) is 5.75 Å². The van der Waals surface area contributed by atoms with E-state index >= 15 is 0 Å². The highest BCUT2D eigenvalue weighted by Gasteiger charge is 2.27. The summed E-state index contributed by atoms with van der Waals surface area (Å²) in [5.74, 6) is 1.06. The Morgan fingerprint density at radius 2 is 2.00 bits per heavy atom. The Morgan fingerprint density at radius 1 is 1.15 bits per heavy atom. The fourth-order valence-corrected chi connectivity index (χ4v) is 4.25. The number of hydrogen-bond donors (Lipinski definition) is 1. The number of aromatic nitrogens is 1. The fraction of sp³-hybridized carbons (Fsp3) is 0.391. The molecule has 136 valence electrons. The highest BCUT2D eigenvalue weighted by molar-refractivity contribution is 5.83. The third kappa shape index (κ3) is 3.01. The van der Waals surface area contributed by atoms with Crippen molar-refractivity contribution < 1.29 is 4.74 Å². The van der Waals surface area contributed by atoms with Crippen molar-refractivity contribution in [2.45, 2.75) is 39.2 Å². The lowest BCUT2D eigenvalue weighted by Gasteiger charge is -2.35. The summed E-state index contributed by atoms with van der Waals surface area (Å²) in [6.07, 6.45) is 5.34. The van der Waals surface area contributed by atoms with Crippen LogP contribution in [0.4, 0.5) is 0 Å². The van der Waals surface area contributed by atoms with E-state index in [0.29, 0.717) is 6.04 Å². The largest absolute Gasteiger partial charge is 0.494 e. The molecule has 0 aliphatic carbocycles. The molecule has 0 saturated carbocycles. The minimum absolute atomic E-state index is 0.392. The summed E-state index contributed by atoms with van der Waals surface area (Å²) in [7, 11) is 2.25. The normalized spacial score (nSPS) is 17.4. The van der Waals surface area contributed by atoms with Gasteiger partial charge in [0, 0.05) is 29.7 Å². The Hall–Kier alpha value is -2.26. The SMILES string of the molecule is CCOc1cc2c(cc1CC)CCN(C)C2Cc1c[nH]c2ccccc12. The van der Waals surface area contributed by atoms with Crippen LogP contribution in [0.1, 0.15) is 42.1 Å². The van der Waals surface area contributed by atoms with Crippen LogP contribution < -0.4 is 4.74 Å². The van der Waals surface area contributed by atoms with E-state index in [-0.39, 0.29) is 0 Å². The molecule has 4 rings (SSSR count). The van der Waals surface area contributed by atoms with Gasteiger partial charge in [0.1, 0.15) is 5.75 Å². The van der Waals surface area contributed by atoms with Crippen molar-refractivity contribution in [3.8, 4) is 5.75 Å². The molecule has 0 fully saturated rings. The van der Waals surface area contributed by atoms with Gasteiger partial charge in [-0.05, 0) is 67.6 Å². The molecule has 3 nitrogen and oxygen atoms in total. The molecule has 2 heterocycles. The number of rotatable bonds is 5. The first kappa shape index (κ1) is 17.2. The first-order valence-electron chi connectivity index (χ1n) is 9.75. The highest BCUT2D eigenvalue weighted by Crippen LogP contribution is 2.37. The third-order valence-electron chi connectivity index (χ3n) is 5.72. The molecule has 26 heavy (non-hydrogen) atoms. The minimum atomic E-state index is 0.392. The second kappa shape index (κ2) is 7.16. The van der Waals surface area contributed by atoms with E-state index in [4.69, 9.17) is 4.74 Å². The maximum atomic E-state index is 5.96. The zero-order valence-electron chi connectivity index (χ0n) is 16.0. The average molecular weight is 348 g/mol. The van der Waals surface area contributed by atoms with Crippen molar-refractivity contribution in [1.29, 1.82) is 0 Å². The second-order valence-electron chi connectivity index (χ2n) is 7.26. The van der Waals surface area contributed by atoms with E-state index in [9.17, 15) is 0 Å². The maximum absolute atomic E-state index is 5.96.